The summed E-state index contributed by atoms with van der Waals surface area (Å²) < 4.78 is 16.5. The molecular formula is C22H27N3O3. The summed E-state index contributed by atoms with van der Waals surface area (Å²) >= 11 is 0. The van der Waals surface area contributed by atoms with Gasteiger partial charge in [0.1, 0.15) is 5.82 Å². The lowest BCUT2D eigenvalue weighted by molar-refractivity contribution is 0.122. The summed E-state index contributed by atoms with van der Waals surface area (Å²) in [5.41, 5.74) is 4.66. The number of hydrogen-bond acceptors (Lipinski definition) is 6. The number of methoxy groups -OCH3 is 2. The molecular weight excluding hydrogens is 354 g/mol. The average molecular weight is 381 g/mol. The zero-order valence-electron chi connectivity index (χ0n) is 16.8. The van der Waals surface area contributed by atoms with Crippen molar-refractivity contribution in [1.82, 2.24) is 9.88 Å². The van der Waals surface area contributed by atoms with Crippen molar-refractivity contribution in [2.45, 2.75) is 13.5 Å². The molecule has 1 aromatic carbocycles. The summed E-state index contributed by atoms with van der Waals surface area (Å²) in [7, 11) is 3.35. The van der Waals surface area contributed by atoms with E-state index >= 15 is 0 Å². The van der Waals surface area contributed by atoms with Gasteiger partial charge < -0.3 is 24.0 Å². The van der Waals surface area contributed by atoms with Gasteiger partial charge in [-0.15, -0.1) is 0 Å². The molecule has 3 heterocycles. The van der Waals surface area contributed by atoms with Crippen molar-refractivity contribution in [1.29, 1.82) is 0 Å². The number of nitrogens with zero attached hydrogens (tertiary/aromatic N) is 3. The maximum Gasteiger partial charge on any atom is 0.161 e. The third-order valence-electron chi connectivity index (χ3n) is 5.38. The fourth-order valence-electron chi connectivity index (χ4n) is 3.78. The van der Waals surface area contributed by atoms with Crippen LogP contribution in [0.25, 0.3) is 5.57 Å². The molecule has 28 heavy (non-hydrogen) atoms. The van der Waals surface area contributed by atoms with Gasteiger partial charge in [-0.2, -0.15) is 0 Å². The van der Waals surface area contributed by atoms with Crippen molar-refractivity contribution >= 4 is 11.4 Å². The zero-order chi connectivity index (χ0) is 19.5. The van der Waals surface area contributed by atoms with Crippen molar-refractivity contribution < 1.29 is 14.2 Å². The fourth-order valence-corrected chi connectivity index (χ4v) is 3.78. The van der Waals surface area contributed by atoms with Crippen LogP contribution in [0.15, 0.2) is 36.7 Å². The third-order valence-corrected chi connectivity index (χ3v) is 5.38. The number of benzene rings is 1. The van der Waals surface area contributed by atoms with Gasteiger partial charge >= 0.3 is 0 Å². The number of morpholine rings is 1. The van der Waals surface area contributed by atoms with Gasteiger partial charge in [-0.25, -0.2) is 4.98 Å². The second kappa shape index (κ2) is 8.10. The van der Waals surface area contributed by atoms with Crippen molar-refractivity contribution in [3.63, 3.8) is 0 Å². The van der Waals surface area contributed by atoms with Crippen LogP contribution in [0.5, 0.6) is 11.5 Å². The highest BCUT2D eigenvalue weighted by Crippen LogP contribution is 2.39. The first-order chi connectivity index (χ1) is 13.7. The first-order valence-electron chi connectivity index (χ1n) is 9.73. The highest BCUT2D eigenvalue weighted by atomic mass is 16.5. The second-order valence-electron chi connectivity index (χ2n) is 6.97. The van der Waals surface area contributed by atoms with Crippen LogP contribution in [-0.2, 0) is 11.3 Å². The normalized spacial score (nSPS) is 16.5. The van der Waals surface area contributed by atoms with Crippen LogP contribution in [-0.4, -0.2) is 57.0 Å². The lowest BCUT2D eigenvalue weighted by atomic mass is 9.92. The number of fused-ring (bicyclic) bond motifs is 1. The zero-order valence-corrected chi connectivity index (χ0v) is 16.8. The Balaban J connectivity index is 1.71. The Labute approximate surface area is 166 Å². The minimum atomic E-state index is 0.745. The number of aromatic nitrogens is 1. The van der Waals surface area contributed by atoms with E-state index in [-0.39, 0.29) is 0 Å². The van der Waals surface area contributed by atoms with Crippen LogP contribution >= 0.6 is 0 Å². The quantitative estimate of drug-likeness (QED) is 0.793. The van der Waals surface area contributed by atoms with E-state index < -0.39 is 0 Å². The maximum atomic E-state index is 5.54. The molecule has 0 radical (unpaired) electrons. The largest absolute Gasteiger partial charge is 0.493 e. The molecule has 2 aliphatic rings. The Hall–Kier alpha value is -2.73. The third kappa shape index (κ3) is 3.52. The predicted octanol–water partition coefficient (Wildman–Crippen LogP) is 3.16. The van der Waals surface area contributed by atoms with Gasteiger partial charge in [-0.1, -0.05) is 0 Å². The topological polar surface area (TPSA) is 47.1 Å². The fraction of sp³-hybridized carbons (Fsp3) is 0.409. The first-order valence-corrected chi connectivity index (χ1v) is 9.73. The Morgan fingerprint density at radius 3 is 2.46 bits per heavy atom. The standard InChI is InChI=1S/C22H27N3O3/c1-4-24-14-17-11-20(26-2)21(27-3)12-18(17)19(15-24)16-5-6-22(23-13-16)25-7-9-28-10-8-25/h5-6,11-13,15H,4,7-10,14H2,1-3H3. The minimum absolute atomic E-state index is 0.745. The Bertz CT molecular complexity index is 858. The number of pyridine rings is 1. The molecule has 148 valence electrons. The second-order valence-corrected chi connectivity index (χ2v) is 6.97. The summed E-state index contributed by atoms with van der Waals surface area (Å²) in [6.07, 6.45) is 4.19. The van der Waals surface area contributed by atoms with E-state index in [4.69, 9.17) is 19.2 Å². The van der Waals surface area contributed by atoms with E-state index in [9.17, 15) is 0 Å². The van der Waals surface area contributed by atoms with Gasteiger partial charge in [-0.05, 0) is 42.3 Å². The van der Waals surface area contributed by atoms with Gasteiger partial charge in [0.15, 0.2) is 11.5 Å². The number of rotatable bonds is 5. The van der Waals surface area contributed by atoms with E-state index in [1.807, 2.05) is 6.20 Å². The van der Waals surface area contributed by atoms with Crippen LogP contribution < -0.4 is 14.4 Å². The highest BCUT2D eigenvalue weighted by Gasteiger charge is 2.22. The molecule has 0 bridgehead atoms. The molecule has 0 N–H and O–H groups in total. The molecule has 1 aromatic heterocycles. The Morgan fingerprint density at radius 1 is 1.07 bits per heavy atom. The smallest absolute Gasteiger partial charge is 0.161 e. The minimum Gasteiger partial charge on any atom is -0.493 e. The van der Waals surface area contributed by atoms with Crippen molar-refractivity contribution in [2.75, 3.05) is 52.0 Å². The van der Waals surface area contributed by atoms with Crippen molar-refractivity contribution in [3.8, 4) is 11.5 Å². The molecule has 4 rings (SSSR count). The molecule has 0 amide bonds. The Morgan fingerprint density at radius 2 is 1.82 bits per heavy atom. The summed E-state index contributed by atoms with van der Waals surface area (Å²) in [6, 6.07) is 8.42. The summed E-state index contributed by atoms with van der Waals surface area (Å²) in [4.78, 5) is 9.30. The summed E-state index contributed by atoms with van der Waals surface area (Å²) in [6.45, 7) is 7.26. The molecule has 0 unspecified atom stereocenters. The molecule has 6 nitrogen and oxygen atoms in total. The molecule has 0 atom stereocenters. The van der Waals surface area contributed by atoms with Gasteiger partial charge in [-0.3, -0.25) is 0 Å². The van der Waals surface area contributed by atoms with E-state index in [0.717, 1.165) is 67.8 Å². The molecule has 0 aliphatic carbocycles. The van der Waals surface area contributed by atoms with Crippen LogP contribution in [0.2, 0.25) is 0 Å². The predicted molar refractivity (Wildman–Crippen MR) is 110 cm³/mol. The molecule has 1 saturated heterocycles. The molecule has 0 spiro atoms. The summed E-state index contributed by atoms with van der Waals surface area (Å²) in [5, 5.41) is 0. The molecule has 0 saturated carbocycles. The van der Waals surface area contributed by atoms with Gasteiger partial charge in [0.2, 0.25) is 0 Å². The Kier molecular flexibility index (Phi) is 5.39. The first kappa shape index (κ1) is 18.6. The van der Waals surface area contributed by atoms with E-state index in [1.54, 1.807) is 14.2 Å². The van der Waals surface area contributed by atoms with Crippen molar-refractivity contribution in [2.24, 2.45) is 0 Å². The monoisotopic (exact) mass is 381 g/mol. The van der Waals surface area contributed by atoms with Crippen molar-refractivity contribution in [3.05, 3.63) is 53.4 Å². The maximum absolute atomic E-state index is 5.54. The van der Waals surface area contributed by atoms with Crippen LogP contribution in [0, 0.1) is 0 Å². The summed E-state index contributed by atoms with van der Waals surface area (Å²) in [5.74, 6) is 2.51. The molecule has 2 aliphatic heterocycles. The van der Waals surface area contributed by atoms with E-state index in [1.165, 1.54) is 11.1 Å². The number of anilines is 1. The van der Waals surface area contributed by atoms with Gasteiger partial charge in [0, 0.05) is 49.7 Å². The number of hydrogen-bond donors (Lipinski definition) is 0. The van der Waals surface area contributed by atoms with E-state index in [0.29, 0.717) is 0 Å². The van der Waals surface area contributed by atoms with Gasteiger partial charge in [0.05, 0.1) is 27.4 Å². The highest BCUT2D eigenvalue weighted by molar-refractivity contribution is 5.83. The average Bonchev–Trinajstić information content (AvgIpc) is 2.78. The van der Waals surface area contributed by atoms with E-state index in [2.05, 4.69) is 47.2 Å². The number of ether oxygens (including phenoxy) is 3. The van der Waals surface area contributed by atoms with Crippen LogP contribution in [0.4, 0.5) is 5.82 Å². The SMILES string of the molecule is CCN1C=C(c2ccc(N3CCOCC3)nc2)c2cc(OC)c(OC)cc2C1. The molecule has 6 heteroatoms. The lowest BCUT2D eigenvalue weighted by Crippen LogP contribution is -2.36. The van der Waals surface area contributed by atoms with Crippen LogP contribution in [0.3, 0.4) is 0 Å². The lowest BCUT2D eigenvalue weighted by Gasteiger charge is -2.30. The molecule has 1 fully saturated rings. The molecule has 2 aromatic rings. The van der Waals surface area contributed by atoms with Crippen LogP contribution in [0.1, 0.15) is 23.6 Å². The van der Waals surface area contributed by atoms with Gasteiger partial charge in [0.25, 0.3) is 0 Å².